The van der Waals surface area contributed by atoms with Crippen LogP contribution in [-0.4, -0.2) is 28.7 Å². The van der Waals surface area contributed by atoms with E-state index in [1.165, 1.54) is 9.80 Å². The van der Waals surface area contributed by atoms with E-state index in [2.05, 4.69) is 6.92 Å². The minimum absolute atomic E-state index is 0.120. The molecule has 49 heavy (non-hydrogen) atoms. The van der Waals surface area contributed by atoms with Crippen molar-refractivity contribution in [2.75, 3.05) is 9.80 Å². The van der Waals surface area contributed by atoms with Gasteiger partial charge in [0.2, 0.25) is 23.6 Å². The molecule has 1 saturated carbocycles. The molecule has 4 amide bonds. The summed E-state index contributed by atoms with van der Waals surface area (Å²) in [7, 11) is 0. The maximum absolute atomic E-state index is 15.3. The standard InChI is InChI=1S/C41H35ClN2O5/c1-3-24-12-15-28(16-13-24)43-37(46)31-18-17-30-32(35(31)39(43)48)22-33-38(47)44(29-11-7-10-27(42)21-29)40(49)41(33,26-8-5-4-6-9-26)36(30)25-14-19-34(45)23(2)20-25/h4-17,19-21,31-33,35-36,45H,3,18,22H2,1-2H3/t31-,32+,33-,35-,36-,41+/m0/s1. The molecular formula is C41H35ClN2O5. The van der Waals surface area contributed by atoms with Crippen molar-refractivity contribution in [3.8, 4) is 5.75 Å². The molecule has 0 bridgehead atoms. The highest BCUT2D eigenvalue weighted by Gasteiger charge is 2.70. The number of allylic oxidation sites excluding steroid dienone is 2. The first kappa shape index (κ1) is 31.3. The summed E-state index contributed by atoms with van der Waals surface area (Å²) in [6.45, 7) is 3.86. The lowest BCUT2D eigenvalue weighted by Crippen LogP contribution is -2.53. The molecule has 2 heterocycles. The fraction of sp³-hybridized carbons (Fsp3) is 0.268. The van der Waals surface area contributed by atoms with Crippen LogP contribution in [0.4, 0.5) is 11.4 Å². The number of fused-ring (bicyclic) bond motifs is 4. The lowest BCUT2D eigenvalue weighted by Gasteiger charge is -2.50. The highest BCUT2D eigenvalue weighted by molar-refractivity contribution is 6.32. The predicted molar refractivity (Wildman–Crippen MR) is 187 cm³/mol. The van der Waals surface area contributed by atoms with Gasteiger partial charge in [-0.05, 0) is 90.8 Å². The van der Waals surface area contributed by atoms with Gasteiger partial charge in [-0.1, -0.05) is 90.8 Å². The van der Waals surface area contributed by atoms with Gasteiger partial charge >= 0.3 is 0 Å². The van der Waals surface area contributed by atoms with Crippen molar-refractivity contribution in [1.82, 2.24) is 0 Å². The van der Waals surface area contributed by atoms with Gasteiger partial charge in [-0.2, -0.15) is 0 Å². The topological polar surface area (TPSA) is 95.0 Å². The number of phenols is 1. The Hall–Kier alpha value is -5.01. The summed E-state index contributed by atoms with van der Waals surface area (Å²) >= 11 is 6.40. The Balaban J connectivity index is 1.34. The molecule has 2 saturated heterocycles. The normalized spacial score (nSPS) is 27.6. The number of imide groups is 2. The second kappa shape index (κ2) is 11.6. The third kappa shape index (κ3) is 4.48. The van der Waals surface area contributed by atoms with Crippen LogP contribution in [0.3, 0.4) is 0 Å². The van der Waals surface area contributed by atoms with Crippen molar-refractivity contribution in [2.45, 2.75) is 44.4 Å². The highest BCUT2D eigenvalue weighted by Crippen LogP contribution is 2.64. The summed E-state index contributed by atoms with van der Waals surface area (Å²) in [5.74, 6) is -4.33. The summed E-state index contributed by atoms with van der Waals surface area (Å²) in [5, 5.41) is 11.0. The van der Waals surface area contributed by atoms with Gasteiger partial charge in [0.1, 0.15) is 5.75 Å². The van der Waals surface area contributed by atoms with E-state index in [0.29, 0.717) is 33.9 Å². The zero-order valence-electron chi connectivity index (χ0n) is 27.2. The van der Waals surface area contributed by atoms with E-state index in [1.807, 2.05) is 72.8 Å². The number of carbonyl (C=O) groups excluding carboxylic acids is 4. The Morgan fingerprint density at radius 1 is 0.796 bits per heavy atom. The zero-order chi connectivity index (χ0) is 34.2. The SMILES string of the molecule is CCc1ccc(N2C(=O)[C@H]3[C@H](CC=C4[C@H]3C[C@H]3C(=O)N(c5cccc(Cl)c5)C(=O)[C@@]3(c3ccccc3)[C@H]4c3ccc(O)c(C)c3)C2=O)cc1. The number of halogens is 1. The Bertz CT molecular complexity index is 2080. The van der Waals surface area contributed by atoms with E-state index in [9.17, 15) is 19.5 Å². The first-order valence-corrected chi connectivity index (χ1v) is 17.2. The lowest BCUT2D eigenvalue weighted by molar-refractivity contribution is -0.127. The van der Waals surface area contributed by atoms with Crippen LogP contribution < -0.4 is 9.80 Å². The van der Waals surface area contributed by atoms with Crippen LogP contribution in [0, 0.1) is 30.6 Å². The number of hydrogen-bond donors (Lipinski definition) is 1. The van der Waals surface area contributed by atoms with E-state index in [0.717, 1.165) is 23.1 Å². The van der Waals surface area contributed by atoms with Crippen molar-refractivity contribution < 1.29 is 24.3 Å². The molecule has 0 aromatic heterocycles. The average molecular weight is 671 g/mol. The third-order valence-corrected chi connectivity index (χ3v) is 11.6. The largest absolute Gasteiger partial charge is 0.508 e. The summed E-state index contributed by atoms with van der Waals surface area (Å²) in [6.07, 6.45) is 3.45. The summed E-state index contributed by atoms with van der Waals surface area (Å²) < 4.78 is 0. The Morgan fingerprint density at radius 2 is 1.55 bits per heavy atom. The number of hydrogen-bond acceptors (Lipinski definition) is 5. The van der Waals surface area contributed by atoms with Crippen LogP contribution in [0.2, 0.25) is 5.02 Å². The Kier molecular flexibility index (Phi) is 7.37. The maximum atomic E-state index is 15.3. The van der Waals surface area contributed by atoms with Gasteiger partial charge in [-0.3, -0.25) is 24.1 Å². The Morgan fingerprint density at radius 3 is 2.24 bits per heavy atom. The molecule has 2 aliphatic carbocycles. The van der Waals surface area contributed by atoms with Crippen LogP contribution in [0.5, 0.6) is 5.75 Å². The first-order chi connectivity index (χ1) is 23.7. The third-order valence-electron chi connectivity index (χ3n) is 11.3. The fourth-order valence-electron chi connectivity index (χ4n) is 9.11. The molecule has 2 aliphatic heterocycles. The summed E-state index contributed by atoms with van der Waals surface area (Å²) in [6, 6.07) is 29.0. The van der Waals surface area contributed by atoms with E-state index in [4.69, 9.17) is 11.6 Å². The van der Waals surface area contributed by atoms with Crippen molar-refractivity contribution in [2.24, 2.45) is 23.7 Å². The molecule has 0 unspecified atom stereocenters. The van der Waals surface area contributed by atoms with E-state index < -0.39 is 35.0 Å². The number of benzene rings is 4. The van der Waals surface area contributed by atoms with Gasteiger partial charge in [0.15, 0.2) is 0 Å². The van der Waals surface area contributed by atoms with E-state index in [-0.39, 0.29) is 35.8 Å². The molecule has 246 valence electrons. The van der Waals surface area contributed by atoms with E-state index >= 15 is 4.79 Å². The maximum Gasteiger partial charge on any atom is 0.246 e. The van der Waals surface area contributed by atoms with Gasteiger partial charge in [0.25, 0.3) is 0 Å². The smallest absolute Gasteiger partial charge is 0.246 e. The second-order valence-electron chi connectivity index (χ2n) is 13.7. The number of rotatable bonds is 5. The van der Waals surface area contributed by atoms with Crippen molar-refractivity contribution in [3.63, 3.8) is 0 Å². The van der Waals surface area contributed by atoms with Crippen LogP contribution in [0.15, 0.2) is 109 Å². The minimum atomic E-state index is -1.36. The molecule has 4 aromatic rings. The van der Waals surface area contributed by atoms with Gasteiger partial charge in [-0.15, -0.1) is 0 Å². The molecule has 0 radical (unpaired) electrons. The number of aromatic hydroxyl groups is 1. The Labute approximate surface area is 289 Å². The molecule has 4 aromatic carbocycles. The predicted octanol–water partition coefficient (Wildman–Crippen LogP) is 7.28. The van der Waals surface area contributed by atoms with Gasteiger partial charge in [0, 0.05) is 10.9 Å². The number of amides is 4. The molecule has 6 atom stereocenters. The monoisotopic (exact) mass is 670 g/mol. The lowest BCUT2D eigenvalue weighted by atomic mass is 9.49. The average Bonchev–Trinajstić information content (AvgIpc) is 3.50. The highest BCUT2D eigenvalue weighted by atomic mass is 35.5. The van der Waals surface area contributed by atoms with Crippen molar-refractivity contribution in [3.05, 3.63) is 136 Å². The van der Waals surface area contributed by atoms with Crippen LogP contribution in [-0.2, 0) is 31.0 Å². The number of nitrogens with zero attached hydrogens (tertiary/aromatic N) is 2. The summed E-state index contributed by atoms with van der Waals surface area (Å²) in [4.78, 5) is 61.2. The van der Waals surface area contributed by atoms with Crippen LogP contribution in [0.25, 0.3) is 0 Å². The van der Waals surface area contributed by atoms with Crippen molar-refractivity contribution >= 4 is 46.6 Å². The van der Waals surface area contributed by atoms with E-state index in [1.54, 1.807) is 37.3 Å². The molecule has 8 heteroatoms. The van der Waals surface area contributed by atoms with Crippen molar-refractivity contribution in [1.29, 1.82) is 0 Å². The molecule has 4 aliphatic rings. The zero-order valence-corrected chi connectivity index (χ0v) is 27.9. The minimum Gasteiger partial charge on any atom is -0.508 e. The second-order valence-corrected chi connectivity index (χ2v) is 14.1. The number of carbonyl (C=O) groups is 4. The van der Waals surface area contributed by atoms with Crippen LogP contribution in [0.1, 0.15) is 47.9 Å². The number of phenolic OH excluding ortho intramolecular Hbond substituents is 1. The number of anilines is 2. The van der Waals surface area contributed by atoms with Gasteiger partial charge in [0.05, 0.1) is 34.5 Å². The molecule has 7 nitrogen and oxygen atoms in total. The molecule has 3 fully saturated rings. The van der Waals surface area contributed by atoms with Gasteiger partial charge < -0.3 is 5.11 Å². The number of aryl methyl sites for hydroxylation is 2. The fourth-order valence-corrected chi connectivity index (χ4v) is 9.30. The first-order valence-electron chi connectivity index (χ1n) is 16.8. The van der Waals surface area contributed by atoms with Crippen LogP contribution >= 0.6 is 11.6 Å². The molecule has 0 spiro atoms. The quantitative estimate of drug-likeness (QED) is 0.178. The molecule has 8 rings (SSSR count). The van der Waals surface area contributed by atoms with Gasteiger partial charge in [-0.25, -0.2) is 4.90 Å². The molecule has 1 N–H and O–H groups in total. The summed E-state index contributed by atoms with van der Waals surface area (Å²) in [5.41, 5.74) is 3.65. The molecular weight excluding hydrogens is 636 g/mol.